The molecule has 0 aromatic heterocycles. The SMILES string of the molecule is CCNC1c2ccccc2CC1CCCSC. The van der Waals surface area contributed by atoms with Gasteiger partial charge in [0.1, 0.15) is 0 Å². The predicted octanol–water partition coefficient (Wildman–Crippen LogP) is 3.65. The molecule has 0 spiro atoms. The highest BCUT2D eigenvalue weighted by Gasteiger charge is 2.30. The van der Waals surface area contributed by atoms with Crippen LogP contribution in [0.5, 0.6) is 0 Å². The van der Waals surface area contributed by atoms with Gasteiger partial charge < -0.3 is 5.32 Å². The smallest absolute Gasteiger partial charge is 0.0354 e. The van der Waals surface area contributed by atoms with Crippen LogP contribution in [0.1, 0.15) is 36.9 Å². The highest BCUT2D eigenvalue weighted by molar-refractivity contribution is 7.98. The summed E-state index contributed by atoms with van der Waals surface area (Å²) in [5.74, 6) is 2.10. The molecule has 0 bridgehead atoms. The van der Waals surface area contributed by atoms with Gasteiger partial charge in [0.2, 0.25) is 0 Å². The van der Waals surface area contributed by atoms with Crippen molar-refractivity contribution in [2.24, 2.45) is 5.92 Å². The summed E-state index contributed by atoms with van der Waals surface area (Å²) in [6.45, 7) is 3.28. The molecule has 17 heavy (non-hydrogen) atoms. The Kier molecular flexibility index (Phi) is 4.93. The number of benzene rings is 1. The number of nitrogens with one attached hydrogen (secondary N) is 1. The van der Waals surface area contributed by atoms with Crippen molar-refractivity contribution in [1.82, 2.24) is 5.32 Å². The van der Waals surface area contributed by atoms with Gasteiger partial charge in [0.15, 0.2) is 0 Å². The van der Waals surface area contributed by atoms with Gasteiger partial charge in [-0.15, -0.1) is 0 Å². The summed E-state index contributed by atoms with van der Waals surface area (Å²) in [6, 6.07) is 9.54. The summed E-state index contributed by atoms with van der Waals surface area (Å²) in [5.41, 5.74) is 3.11. The largest absolute Gasteiger partial charge is 0.310 e. The molecule has 1 aromatic carbocycles. The van der Waals surface area contributed by atoms with Crippen LogP contribution in [0.15, 0.2) is 24.3 Å². The van der Waals surface area contributed by atoms with E-state index in [2.05, 4.69) is 42.8 Å². The Morgan fingerprint density at radius 1 is 1.35 bits per heavy atom. The molecule has 2 heteroatoms. The zero-order valence-corrected chi connectivity index (χ0v) is 11.7. The summed E-state index contributed by atoms with van der Waals surface area (Å²) < 4.78 is 0. The monoisotopic (exact) mass is 249 g/mol. The van der Waals surface area contributed by atoms with Crippen molar-refractivity contribution < 1.29 is 0 Å². The van der Waals surface area contributed by atoms with Crippen LogP contribution in [-0.4, -0.2) is 18.6 Å². The van der Waals surface area contributed by atoms with E-state index in [1.165, 1.54) is 25.0 Å². The summed E-state index contributed by atoms with van der Waals surface area (Å²) >= 11 is 1.96. The van der Waals surface area contributed by atoms with E-state index in [-0.39, 0.29) is 0 Å². The number of rotatable bonds is 6. The van der Waals surface area contributed by atoms with Gasteiger partial charge in [0.25, 0.3) is 0 Å². The molecule has 1 N–H and O–H groups in total. The van der Waals surface area contributed by atoms with Crippen LogP contribution in [-0.2, 0) is 6.42 Å². The van der Waals surface area contributed by atoms with Crippen molar-refractivity contribution in [3.8, 4) is 0 Å². The lowest BCUT2D eigenvalue weighted by atomic mass is 9.95. The lowest BCUT2D eigenvalue weighted by Gasteiger charge is -2.21. The van der Waals surface area contributed by atoms with Gasteiger partial charge in [-0.2, -0.15) is 11.8 Å². The van der Waals surface area contributed by atoms with Crippen LogP contribution >= 0.6 is 11.8 Å². The van der Waals surface area contributed by atoms with E-state index in [0.29, 0.717) is 6.04 Å². The van der Waals surface area contributed by atoms with E-state index < -0.39 is 0 Å². The normalized spacial score (nSPS) is 22.7. The third-order valence-electron chi connectivity index (χ3n) is 3.69. The maximum atomic E-state index is 3.67. The zero-order chi connectivity index (χ0) is 12.1. The van der Waals surface area contributed by atoms with E-state index in [0.717, 1.165) is 12.5 Å². The first-order chi connectivity index (χ1) is 8.36. The molecule has 0 radical (unpaired) electrons. The molecule has 2 rings (SSSR count). The van der Waals surface area contributed by atoms with Crippen molar-refractivity contribution in [2.45, 2.75) is 32.2 Å². The van der Waals surface area contributed by atoms with Crippen LogP contribution in [0.4, 0.5) is 0 Å². The molecule has 0 heterocycles. The molecule has 2 atom stereocenters. The fraction of sp³-hybridized carbons (Fsp3) is 0.600. The lowest BCUT2D eigenvalue weighted by molar-refractivity contribution is 0.371. The Balaban J connectivity index is 2.04. The van der Waals surface area contributed by atoms with Crippen molar-refractivity contribution >= 4 is 11.8 Å². The molecule has 1 aliphatic rings. The third kappa shape index (κ3) is 3.05. The fourth-order valence-electron chi connectivity index (χ4n) is 2.93. The summed E-state index contributed by atoms with van der Waals surface area (Å²) in [5, 5.41) is 3.67. The van der Waals surface area contributed by atoms with Crippen molar-refractivity contribution in [3.05, 3.63) is 35.4 Å². The minimum absolute atomic E-state index is 0.595. The summed E-state index contributed by atoms with van der Waals surface area (Å²) in [6.07, 6.45) is 6.17. The van der Waals surface area contributed by atoms with Crippen LogP contribution in [0, 0.1) is 5.92 Å². The Morgan fingerprint density at radius 2 is 2.18 bits per heavy atom. The summed E-state index contributed by atoms with van der Waals surface area (Å²) in [7, 11) is 0. The number of fused-ring (bicyclic) bond motifs is 1. The molecule has 0 fully saturated rings. The highest BCUT2D eigenvalue weighted by atomic mass is 32.2. The van der Waals surface area contributed by atoms with Gasteiger partial charge in [0, 0.05) is 6.04 Å². The van der Waals surface area contributed by atoms with Gasteiger partial charge >= 0.3 is 0 Å². The Labute approximate surface area is 109 Å². The van der Waals surface area contributed by atoms with Crippen LogP contribution in [0.25, 0.3) is 0 Å². The average molecular weight is 249 g/mol. The molecule has 1 aromatic rings. The molecule has 0 saturated carbocycles. The van der Waals surface area contributed by atoms with Crippen LogP contribution in [0.3, 0.4) is 0 Å². The predicted molar refractivity (Wildman–Crippen MR) is 77.7 cm³/mol. The van der Waals surface area contributed by atoms with Gasteiger partial charge in [-0.05, 0) is 54.9 Å². The number of hydrogen-bond acceptors (Lipinski definition) is 2. The third-order valence-corrected chi connectivity index (χ3v) is 4.39. The van der Waals surface area contributed by atoms with E-state index in [1.54, 1.807) is 11.1 Å². The molecular formula is C15H23NS. The first-order valence-electron chi connectivity index (χ1n) is 6.67. The Morgan fingerprint density at radius 3 is 2.94 bits per heavy atom. The second-order valence-electron chi connectivity index (χ2n) is 4.83. The molecule has 2 unspecified atom stereocenters. The lowest BCUT2D eigenvalue weighted by Crippen LogP contribution is -2.25. The molecule has 1 aliphatic carbocycles. The molecule has 0 amide bonds. The Hall–Kier alpha value is -0.470. The standard InChI is InChI=1S/C15H23NS/c1-3-16-15-13(8-6-10-17-2)11-12-7-4-5-9-14(12)15/h4-5,7,9,13,15-16H,3,6,8,10-11H2,1-2H3. The topological polar surface area (TPSA) is 12.0 Å². The van der Waals surface area contributed by atoms with Gasteiger partial charge in [-0.3, -0.25) is 0 Å². The summed E-state index contributed by atoms with van der Waals surface area (Å²) in [4.78, 5) is 0. The van der Waals surface area contributed by atoms with Crippen LogP contribution < -0.4 is 5.32 Å². The van der Waals surface area contributed by atoms with Gasteiger partial charge in [-0.25, -0.2) is 0 Å². The molecule has 94 valence electrons. The van der Waals surface area contributed by atoms with Crippen LogP contribution in [0.2, 0.25) is 0 Å². The van der Waals surface area contributed by atoms with Gasteiger partial charge in [0.05, 0.1) is 0 Å². The number of thioether (sulfide) groups is 1. The second-order valence-corrected chi connectivity index (χ2v) is 5.82. The maximum absolute atomic E-state index is 3.67. The van der Waals surface area contributed by atoms with Gasteiger partial charge in [-0.1, -0.05) is 31.2 Å². The van der Waals surface area contributed by atoms with Crippen molar-refractivity contribution in [1.29, 1.82) is 0 Å². The van der Waals surface area contributed by atoms with E-state index >= 15 is 0 Å². The molecule has 0 saturated heterocycles. The van der Waals surface area contributed by atoms with E-state index in [4.69, 9.17) is 0 Å². The molecular weight excluding hydrogens is 226 g/mol. The zero-order valence-electron chi connectivity index (χ0n) is 10.9. The fourth-order valence-corrected chi connectivity index (χ4v) is 3.39. The molecule has 0 aliphatic heterocycles. The van der Waals surface area contributed by atoms with E-state index in [1.807, 2.05) is 11.8 Å². The second kappa shape index (κ2) is 6.46. The first kappa shape index (κ1) is 13.0. The molecule has 1 nitrogen and oxygen atoms in total. The minimum Gasteiger partial charge on any atom is -0.310 e. The minimum atomic E-state index is 0.595. The van der Waals surface area contributed by atoms with E-state index in [9.17, 15) is 0 Å². The number of hydrogen-bond donors (Lipinski definition) is 1. The van der Waals surface area contributed by atoms with Crippen molar-refractivity contribution in [2.75, 3.05) is 18.6 Å². The quantitative estimate of drug-likeness (QED) is 0.772. The maximum Gasteiger partial charge on any atom is 0.0354 e. The van der Waals surface area contributed by atoms with Crippen molar-refractivity contribution in [3.63, 3.8) is 0 Å². The highest BCUT2D eigenvalue weighted by Crippen LogP contribution is 2.38. The average Bonchev–Trinajstić information content (AvgIpc) is 2.69. The first-order valence-corrected chi connectivity index (χ1v) is 8.06. The Bertz CT molecular complexity index is 351.